The monoisotopic (exact) mass is 471 g/mol. The lowest BCUT2D eigenvalue weighted by atomic mass is 9.52. The van der Waals surface area contributed by atoms with Gasteiger partial charge in [-0.25, -0.2) is 15.0 Å². The molecule has 2 aromatic rings. The first kappa shape index (κ1) is 23.7. The molecule has 3 aliphatic rings. The molecule has 4 N–H and O–H groups in total. The van der Waals surface area contributed by atoms with Gasteiger partial charge in [-0.2, -0.15) is 0 Å². The topological polar surface area (TPSA) is 126 Å². The Labute approximate surface area is 200 Å². The standard InChI is InChI=1S/C25H37N5O4/c1-14(2)15-6-9-24(3)7-5-8-25(4,17(24)10-15)29-21-18-22(27-12-26-21)30(13-28-18)23-20(33)19(32)16(11-31)34-23/h12-13,15-17,19-20,23,31-33H,1,5-11H2,2-4H3,(H,26,27,29)/t15-,16-,17-,19-,20-,23-,24-,25-/m1/s1. The fraction of sp³-hybridized carbons (Fsp3) is 0.720. The zero-order chi connectivity index (χ0) is 24.3. The summed E-state index contributed by atoms with van der Waals surface area (Å²) in [6, 6.07) is 0. The SMILES string of the molecule is C=C(C)[C@@H]1CC[C@@]2(C)CCC[C@@](C)(Nc3ncnc4c3ncn4[C@@H]3O[C@H](CO)[C@@H](O)[C@H]3O)[C@@H]2C1. The lowest BCUT2D eigenvalue weighted by Gasteiger charge is -2.56. The molecule has 5 rings (SSSR count). The molecule has 0 unspecified atom stereocenters. The Balaban J connectivity index is 1.47. The summed E-state index contributed by atoms with van der Waals surface area (Å²) in [5.74, 6) is 1.70. The van der Waals surface area contributed by atoms with Gasteiger partial charge < -0.3 is 25.4 Å². The summed E-state index contributed by atoms with van der Waals surface area (Å²) >= 11 is 0. The molecule has 3 heterocycles. The van der Waals surface area contributed by atoms with E-state index >= 15 is 0 Å². The van der Waals surface area contributed by atoms with E-state index in [-0.39, 0.29) is 17.6 Å². The van der Waals surface area contributed by atoms with E-state index in [0.717, 1.165) is 12.8 Å². The van der Waals surface area contributed by atoms with E-state index in [9.17, 15) is 15.3 Å². The summed E-state index contributed by atoms with van der Waals surface area (Å²) in [7, 11) is 0. The maximum absolute atomic E-state index is 10.5. The Morgan fingerprint density at radius 3 is 2.71 bits per heavy atom. The quantitative estimate of drug-likeness (QED) is 0.491. The molecule has 0 amide bonds. The molecule has 186 valence electrons. The van der Waals surface area contributed by atoms with E-state index in [1.165, 1.54) is 37.6 Å². The molecule has 9 heteroatoms. The van der Waals surface area contributed by atoms with Gasteiger partial charge in [0, 0.05) is 5.54 Å². The highest BCUT2D eigenvalue weighted by molar-refractivity contribution is 5.83. The van der Waals surface area contributed by atoms with Crippen molar-refractivity contribution in [1.82, 2.24) is 19.5 Å². The van der Waals surface area contributed by atoms with Gasteiger partial charge in [0.15, 0.2) is 23.2 Å². The summed E-state index contributed by atoms with van der Waals surface area (Å²) < 4.78 is 7.31. The second kappa shape index (κ2) is 8.55. The zero-order valence-electron chi connectivity index (χ0n) is 20.3. The van der Waals surface area contributed by atoms with Gasteiger partial charge in [-0.1, -0.05) is 25.5 Å². The van der Waals surface area contributed by atoms with Gasteiger partial charge in [-0.3, -0.25) is 4.57 Å². The number of nitrogens with zero attached hydrogens (tertiary/aromatic N) is 4. The third-order valence-electron chi connectivity index (χ3n) is 8.89. The van der Waals surface area contributed by atoms with Crippen LogP contribution in [0.3, 0.4) is 0 Å². The molecule has 3 fully saturated rings. The number of imidazole rings is 1. The van der Waals surface area contributed by atoms with Gasteiger partial charge >= 0.3 is 0 Å². The molecule has 2 saturated carbocycles. The molecule has 34 heavy (non-hydrogen) atoms. The minimum Gasteiger partial charge on any atom is -0.394 e. The van der Waals surface area contributed by atoms with E-state index < -0.39 is 24.5 Å². The minimum absolute atomic E-state index is 0.145. The van der Waals surface area contributed by atoms with E-state index in [2.05, 4.69) is 47.6 Å². The van der Waals surface area contributed by atoms with Crippen molar-refractivity contribution < 1.29 is 20.1 Å². The van der Waals surface area contributed by atoms with Crippen LogP contribution in [-0.2, 0) is 4.74 Å². The molecule has 1 saturated heterocycles. The summed E-state index contributed by atoms with van der Waals surface area (Å²) in [5, 5.41) is 33.9. The predicted molar refractivity (Wildman–Crippen MR) is 128 cm³/mol. The number of nitrogens with one attached hydrogen (secondary N) is 1. The van der Waals surface area contributed by atoms with Crippen LogP contribution in [0, 0.1) is 17.3 Å². The van der Waals surface area contributed by atoms with Gasteiger partial charge in [0.05, 0.1) is 12.9 Å². The number of anilines is 1. The Bertz CT molecular complexity index is 1070. The molecule has 1 aliphatic heterocycles. The summed E-state index contributed by atoms with van der Waals surface area (Å²) in [5.41, 5.74) is 2.53. The van der Waals surface area contributed by atoms with Crippen LogP contribution in [-0.4, -0.2) is 65.3 Å². The lowest BCUT2D eigenvalue weighted by molar-refractivity contribution is -0.0511. The maximum atomic E-state index is 10.5. The lowest BCUT2D eigenvalue weighted by Crippen LogP contribution is -2.55. The summed E-state index contributed by atoms with van der Waals surface area (Å²) in [4.78, 5) is 13.5. The molecule has 0 radical (unpaired) electrons. The number of fused-ring (bicyclic) bond motifs is 2. The smallest absolute Gasteiger partial charge is 0.167 e. The Kier molecular flexibility index (Phi) is 5.95. The number of aromatic nitrogens is 4. The van der Waals surface area contributed by atoms with Gasteiger partial charge in [-0.05, 0) is 63.2 Å². The number of hydrogen-bond donors (Lipinski definition) is 4. The zero-order valence-corrected chi connectivity index (χ0v) is 20.3. The maximum Gasteiger partial charge on any atom is 0.167 e. The first-order valence-electron chi connectivity index (χ1n) is 12.4. The van der Waals surface area contributed by atoms with Crippen molar-refractivity contribution >= 4 is 17.0 Å². The second-order valence-corrected chi connectivity index (χ2v) is 11.2. The number of aliphatic hydroxyl groups excluding tert-OH is 3. The third kappa shape index (κ3) is 3.73. The molecule has 2 aromatic heterocycles. The Hall–Kier alpha value is -2.07. The number of ether oxygens (including phenoxy) is 1. The van der Waals surface area contributed by atoms with Crippen molar-refractivity contribution in [2.75, 3.05) is 11.9 Å². The molecular formula is C25H37N5O4. The van der Waals surface area contributed by atoms with Crippen LogP contribution < -0.4 is 5.32 Å². The molecule has 0 aromatic carbocycles. The average molecular weight is 472 g/mol. The first-order valence-corrected chi connectivity index (χ1v) is 12.4. The molecule has 0 bridgehead atoms. The van der Waals surface area contributed by atoms with Crippen molar-refractivity contribution in [1.29, 1.82) is 0 Å². The van der Waals surface area contributed by atoms with Crippen LogP contribution in [0.2, 0.25) is 0 Å². The number of allylic oxidation sites excluding steroid dienone is 1. The molecule has 9 nitrogen and oxygen atoms in total. The van der Waals surface area contributed by atoms with Crippen LogP contribution in [0.1, 0.15) is 65.5 Å². The van der Waals surface area contributed by atoms with Crippen LogP contribution in [0.5, 0.6) is 0 Å². The minimum atomic E-state index is -1.20. The van der Waals surface area contributed by atoms with Crippen LogP contribution >= 0.6 is 0 Å². The van der Waals surface area contributed by atoms with Crippen LogP contribution in [0.25, 0.3) is 11.2 Å². The van der Waals surface area contributed by atoms with Crippen molar-refractivity contribution in [2.45, 2.75) is 89.4 Å². The Morgan fingerprint density at radius 2 is 2.00 bits per heavy atom. The molecule has 2 aliphatic carbocycles. The van der Waals surface area contributed by atoms with E-state index in [1.54, 1.807) is 10.9 Å². The largest absolute Gasteiger partial charge is 0.394 e. The number of aliphatic hydroxyl groups is 3. The normalized spacial score (nSPS) is 40.3. The predicted octanol–water partition coefficient (Wildman–Crippen LogP) is 2.79. The summed E-state index contributed by atoms with van der Waals surface area (Å²) in [6.07, 6.45) is 5.94. The second-order valence-electron chi connectivity index (χ2n) is 11.2. The highest BCUT2D eigenvalue weighted by Crippen LogP contribution is 2.57. The van der Waals surface area contributed by atoms with Crippen LogP contribution in [0.15, 0.2) is 24.8 Å². The third-order valence-corrected chi connectivity index (χ3v) is 8.89. The fourth-order valence-electron chi connectivity index (χ4n) is 6.83. The van der Waals surface area contributed by atoms with E-state index in [1.807, 2.05) is 0 Å². The highest BCUT2D eigenvalue weighted by Gasteiger charge is 2.52. The molecule has 0 spiro atoms. The van der Waals surface area contributed by atoms with Crippen molar-refractivity contribution in [3.8, 4) is 0 Å². The number of hydrogen-bond acceptors (Lipinski definition) is 8. The van der Waals surface area contributed by atoms with E-state index in [4.69, 9.17) is 4.74 Å². The van der Waals surface area contributed by atoms with Gasteiger partial charge in [0.1, 0.15) is 24.6 Å². The first-order chi connectivity index (χ1) is 16.2. The fourth-order valence-corrected chi connectivity index (χ4v) is 6.83. The van der Waals surface area contributed by atoms with Crippen molar-refractivity contribution in [3.05, 3.63) is 24.8 Å². The van der Waals surface area contributed by atoms with Crippen LogP contribution in [0.4, 0.5) is 5.82 Å². The van der Waals surface area contributed by atoms with Crippen molar-refractivity contribution in [3.63, 3.8) is 0 Å². The Morgan fingerprint density at radius 1 is 1.21 bits per heavy atom. The van der Waals surface area contributed by atoms with Gasteiger partial charge in [0.25, 0.3) is 0 Å². The van der Waals surface area contributed by atoms with Gasteiger partial charge in [0.2, 0.25) is 0 Å². The highest BCUT2D eigenvalue weighted by atomic mass is 16.6. The molecule has 8 atom stereocenters. The summed E-state index contributed by atoms with van der Waals surface area (Å²) in [6.45, 7) is 10.8. The average Bonchev–Trinajstić information content (AvgIpc) is 3.35. The van der Waals surface area contributed by atoms with Crippen molar-refractivity contribution in [2.24, 2.45) is 17.3 Å². The van der Waals surface area contributed by atoms with Gasteiger partial charge in [-0.15, -0.1) is 0 Å². The molecular weight excluding hydrogens is 434 g/mol. The number of rotatable bonds is 5. The van der Waals surface area contributed by atoms with E-state index in [0.29, 0.717) is 28.8 Å².